The van der Waals surface area contributed by atoms with Crippen LogP contribution in [0.15, 0.2) is 41.4 Å². The molecule has 0 aliphatic carbocycles. The molecule has 0 unspecified atom stereocenters. The van der Waals surface area contributed by atoms with Gasteiger partial charge in [-0.05, 0) is 48.7 Å². The van der Waals surface area contributed by atoms with Gasteiger partial charge in [-0.1, -0.05) is 12.1 Å². The average molecular weight is 375 g/mol. The number of nitrogens with zero attached hydrogens (tertiary/aromatic N) is 1. The van der Waals surface area contributed by atoms with Gasteiger partial charge in [0, 0.05) is 13.1 Å². The van der Waals surface area contributed by atoms with Crippen molar-refractivity contribution in [3.63, 3.8) is 0 Å². The number of guanidine groups is 1. The molecule has 0 amide bonds. The molecule has 0 bridgehead atoms. The second-order valence-electron chi connectivity index (χ2n) is 5.85. The second kappa shape index (κ2) is 10.3. The lowest BCUT2D eigenvalue weighted by molar-refractivity contribution is 0.354. The molecule has 0 radical (unpaired) electrons. The number of phenolic OH excluding ortho intramolecular Hbond substituents is 1. The summed E-state index contributed by atoms with van der Waals surface area (Å²) in [4.78, 5) is 4.45. The number of hydrogen-bond acceptors (Lipinski definition) is 4. The molecular formula is C20H26FN3O3. The van der Waals surface area contributed by atoms with Crippen LogP contribution in [-0.2, 0) is 13.0 Å². The molecule has 0 aliphatic rings. The second-order valence-corrected chi connectivity index (χ2v) is 5.85. The lowest BCUT2D eigenvalue weighted by Gasteiger charge is -2.13. The topological polar surface area (TPSA) is 75.1 Å². The lowest BCUT2D eigenvalue weighted by Crippen LogP contribution is -2.38. The summed E-state index contributed by atoms with van der Waals surface area (Å²) in [5.74, 6) is 1.04. The van der Waals surface area contributed by atoms with Gasteiger partial charge in [0.25, 0.3) is 0 Å². The first-order valence-electron chi connectivity index (χ1n) is 8.77. The van der Waals surface area contributed by atoms with Gasteiger partial charge >= 0.3 is 0 Å². The lowest BCUT2D eigenvalue weighted by atomic mass is 10.1. The van der Waals surface area contributed by atoms with Crippen LogP contribution in [0.1, 0.15) is 18.1 Å². The van der Waals surface area contributed by atoms with Crippen LogP contribution in [0.5, 0.6) is 17.2 Å². The molecule has 3 N–H and O–H groups in total. The number of ether oxygens (including phenoxy) is 2. The van der Waals surface area contributed by atoms with Crippen molar-refractivity contribution in [2.24, 2.45) is 4.99 Å². The van der Waals surface area contributed by atoms with Gasteiger partial charge in [-0.25, -0.2) is 9.38 Å². The highest BCUT2D eigenvalue weighted by atomic mass is 19.1. The van der Waals surface area contributed by atoms with Crippen molar-refractivity contribution in [1.82, 2.24) is 10.6 Å². The smallest absolute Gasteiger partial charge is 0.191 e. The summed E-state index contributed by atoms with van der Waals surface area (Å²) >= 11 is 0. The summed E-state index contributed by atoms with van der Waals surface area (Å²) in [6.45, 7) is 3.67. The predicted octanol–water partition coefficient (Wildman–Crippen LogP) is 2.85. The molecule has 0 saturated carbocycles. The summed E-state index contributed by atoms with van der Waals surface area (Å²) in [7, 11) is 3.22. The summed E-state index contributed by atoms with van der Waals surface area (Å²) in [5, 5.41) is 15.7. The molecule has 6 nitrogen and oxygen atoms in total. The highest BCUT2D eigenvalue weighted by Gasteiger charge is 2.05. The predicted molar refractivity (Wildman–Crippen MR) is 104 cm³/mol. The van der Waals surface area contributed by atoms with Crippen LogP contribution in [0.4, 0.5) is 4.39 Å². The van der Waals surface area contributed by atoms with Crippen LogP contribution in [0.3, 0.4) is 0 Å². The zero-order chi connectivity index (χ0) is 19.6. The summed E-state index contributed by atoms with van der Waals surface area (Å²) in [6, 6.07) is 10.1. The summed E-state index contributed by atoms with van der Waals surface area (Å²) in [6.07, 6.45) is 0.776. The highest BCUT2D eigenvalue weighted by Crippen LogP contribution is 2.27. The van der Waals surface area contributed by atoms with E-state index < -0.39 is 5.82 Å². The Morgan fingerprint density at radius 3 is 2.44 bits per heavy atom. The van der Waals surface area contributed by atoms with Gasteiger partial charge in [-0.2, -0.15) is 0 Å². The molecule has 7 heteroatoms. The van der Waals surface area contributed by atoms with E-state index in [2.05, 4.69) is 15.6 Å². The standard InChI is InChI=1S/C20H26FN3O3/c1-4-22-20(24-13-15-5-7-17(25)16(21)11-15)23-10-9-14-6-8-18(26-2)19(12-14)27-3/h5-8,11-12,25H,4,9-10,13H2,1-3H3,(H2,22,23,24). The minimum absolute atomic E-state index is 0.308. The van der Waals surface area contributed by atoms with Crippen LogP contribution >= 0.6 is 0 Å². The van der Waals surface area contributed by atoms with Crippen LogP contribution in [0.25, 0.3) is 0 Å². The number of aliphatic imine (C=N–C) groups is 1. The van der Waals surface area contributed by atoms with E-state index >= 15 is 0 Å². The van der Waals surface area contributed by atoms with E-state index in [0.29, 0.717) is 42.7 Å². The minimum atomic E-state index is -0.644. The van der Waals surface area contributed by atoms with Gasteiger partial charge in [0.15, 0.2) is 29.0 Å². The SMILES string of the molecule is CCNC(=NCc1ccc(O)c(F)c1)NCCc1ccc(OC)c(OC)c1. The fraction of sp³-hybridized carbons (Fsp3) is 0.350. The fourth-order valence-corrected chi connectivity index (χ4v) is 2.52. The normalized spacial score (nSPS) is 11.2. The van der Waals surface area contributed by atoms with Gasteiger partial charge in [-0.3, -0.25) is 0 Å². The van der Waals surface area contributed by atoms with Crippen LogP contribution < -0.4 is 20.1 Å². The van der Waals surface area contributed by atoms with E-state index in [9.17, 15) is 9.50 Å². The van der Waals surface area contributed by atoms with Gasteiger partial charge in [0.1, 0.15) is 0 Å². The third-order valence-corrected chi connectivity index (χ3v) is 3.93. The molecule has 0 spiro atoms. The maximum Gasteiger partial charge on any atom is 0.191 e. The van der Waals surface area contributed by atoms with Gasteiger partial charge < -0.3 is 25.2 Å². The van der Waals surface area contributed by atoms with Crippen molar-refractivity contribution in [3.05, 3.63) is 53.3 Å². The number of aromatic hydroxyl groups is 1. The number of benzene rings is 2. The van der Waals surface area contributed by atoms with Crippen LogP contribution in [0, 0.1) is 5.82 Å². The van der Waals surface area contributed by atoms with Crippen molar-refractivity contribution in [1.29, 1.82) is 0 Å². The number of halogens is 1. The van der Waals surface area contributed by atoms with Crippen molar-refractivity contribution >= 4 is 5.96 Å². The van der Waals surface area contributed by atoms with Crippen molar-refractivity contribution in [2.45, 2.75) is 19.9 Å². The van der Waals surface area contributed by atoms with Gasteiger partial charge in [0.2, 0.25) is 0 Å². The zero-order valence-corrected chi connectivity index (χ0v) is 15.9. The van der Waals surface area contributed by atoms with E-state index in [1.54, 1.807) is 20.3 Å². The molecule has 2 aromatic rings. The number of hydrogen-bond donors (Lipinski definition) is 3. The third kappa shape index (κ3) is 6.06. The first kappa shape index (κ1) is 20.4. The maximum atomic E-state index is 13.4. The third-order valence-electron chi connectivity index (χ3n) is 3.93. The maximum absolute atomic E-state index is 13.4. The van der Waals surface area contributed by atoms with Crippen molar-refractivity contribution in [2.75, 3.05) is 27.3 Å². The Hall–Kier alpha value is -2.96. The molecule has 0 saturated heterocycles. The molecule has 2 aromatic carbocycles. The molecule has 27 heavy (non-hydrogen) atoms. The Labute approximate surface area is 159 Å². The fourth-order valence-electron chi connectivity index (χ4n) is 2.52. The highest BCUT2D eigenvalue weighted by molar-refractivity contribution is 5.79. The van der Waals surface area contributed by atoms with E-state index in [1.165, 1.54) is 12.1 Å². The van der Waals surface area contributed by atoms with E-state index in [1.807, 2.05) is 25.1 Å². The molecule has 0 fully saturated rings. The molecule has 0 atom stereocenters. The Morgan fingerprint density at radius 2 is 1.78 bits per heavy atom. The van der Waals surface area contributed by atoms with E-state index in [-0.39, 0.29) is 5.75 Å². The molecular weight excluding hydrogens is 349 g/mol. The molecule has 146 valence electrons. The first-order valence-corrected chi connectivity index (χ1v) is 8.77. The summed E-state index contributed by atoms with van der Waals surface area (Å²) in [5.41, 5.74) is 1.79. The molecule has 0 aliphatic heterocycles. The first-order chi connectivity index (χ1) is 13.1. The quantitative estimate of drug-likeness (QED) is 0.489. The van der Waals surface area contributed by atoms with E-state index in [4.69, 9.17) is 9.47 Å². The average Bonchev–Trinajstić information content (AvgIpc) is 2.68. The zero-order valence-electron chi connectivity index (χ0n) is 15.9. The van der Waals surface area contributed by atoms with Crippen molar-refractivity contribution in [3.8, 4) is 17.2 Å². The van der Waals surface area contributed by atoms with Crippen LogP contribution in [0.2, 0.25) is 0 Å². The Morgan fingerprint density at radius 1 is 1.04 bits per heavy atom. The number of rotatable bonds is 8. The van der Waals surface area contributed by atoms with Gasteiger partial charge in [-0.15, -0.1) is 0 Å². The molecule has 0 heterocycles. The molecule has 0 aromatic heterocycles. The van der Waals surface area contributed by atoms with E-state index in [0.717, 1.165) is 12.0 Å². The number of nitrogens with one attached hydrogen (secondary N) is 2. The minimum Gasteiger partial charge on any atom is -0.505 e. The number of phenols is 1. The Bertz CT molecular complexity index is 781. The van der Waals surface area contributed by atoms with Gasteiger partial charge in [0.05, 0.1) is 20.8 Å². The van der Waals surface area contributed by atoms with Crippen LogP contribution in [-0.4, -0.2) is 38.4 Å². The Kier molecular flexibility index (Phi) is 7.73. The van der Waals surface area contributed by atoms with Crippen molar-refractivity contribution < 1.29 is 19.0 Å². The number of methoxy groups -OCH3 is 2. The monoisotopic (exact) mass is 375 g/mol. The largest absolute Gasteiger partial charge is 0.505 e. The molecule has 2 rings (SSSR count). The Balaban J connectivity index is 1.94. The summed E-state index contributed by atoms with van der Waals surface area (Å²) < 4.78 is 24.0.